The monoisotopic (exact) mass is 289 g/mol. The number of aliphatic hydroxyl groups excluding tert-OH is 1. The van der Waals surface area contributed by atoms with E-state index in [1.165, 1.54) is 5.56 Å². The standard InChI is InChI=1S/C17H20ClNO/c1-12(14-8-10-15(18)11-9-14)19(3)17-7-5-4-6-16(17)13(2)20/h4-13,20H,1-3H3/t12?,13-/m1/s1. The van der Waals surface area contributed by atoms with Gasteiger partial charge in [-0.05, 0) is 37.6 Å². The zero-order chi connectivity index (χ0) is 14.7. The molecule has 2 rings (SSSR count). The van der Waals surface area contributed by atoms with Gasteiger partial charge in [0.1, 0.15) is 0 Å². The van der Waals surface area contributed by atoms with E-state index in [1.807, 2.05) is 55.6 Å². The normalized spacial score (nSPS) is 13.8. The summed E-state index contributed by atoms with van der Waals surface area (Å²) in [6.07, 6.45) is -0.480. The van der Waals surface area contributed by atoms with Crippen LogP contribution in [-0.2, 0) is 0 Å². The molecule has 0 aliphatic heterocycles. The molecule has 0 aliphatic carbocycles. The molecule has 0 saturated heterocycles. The number of halogens is 1. The zero-order valence-electron chi connectivity index (χ0n) is 12.0. The highest BCUT2D eigenvalue weighted by Gasteiger charge is 2.16. The van der Waals surface area contributed by atoms with Gasteiger partial charge in [-0.1, -0.05) is 41.9 Å². The van der Waals surface area contributed by atoms with Gasteiger partial charge in [0.05, 0.1) is 12.1 Å². The first-order valence-corrected chi connectivity index (χ1v) is 7.13. The van der Waals surface area contributed by atoms with Crippen molar-refractivity contribution in [1.82, 2.24) is 0 Å². The number of nitrogens with zero attached hydrogens (tertiary/aromatic N) is 1. The minimum atomic E-state index is -0.480. The molecule has 20 heavy (non-hydrogen) atoms. The van der Waals surface area contributed by atoms with Gasteiger partial charge in [0, 0.05) is 23.3 Å². The van der Waals surface area contributed by atoms with Gasteiger partial charge in [-0.25, -0.2) is 0 Å². The van der Waals surface area contributed by atoms with Crippen LogP contribution in [0.25, 0.3) is 0 Å². The van der Waals surface area contributed by atoms with E-state index in [0.29, 0.717) is 0 Å². The van der Waals surface area contributed by atoms with Crippen molar-refractivity contribution in [3.05, 3.63) is 64.7 Å². The molecule has 1 unspecified atom stereocenters. The van der Waals surface area contributed by atoms with E-state index in [9.17, 15) is 5.11 Å². The first-order valence-electron chi connectivity index (χ1n) is 6.76. The highest BCUT2D eigenvalue weighted by molar-refractivity contribution is 6.30. The third-order valence-electron chi connectivity index (χ3n) is 3.70. The Morgan fingerprint density at radius 2 is 1.60 bits per heavy atom. The number of anilines is 1. The Labute approximate surface area is 125 Å². The van der Waals surface area contributed by atoms with Crippen molar-refractivity contribution in [2.75, 3.05) is 11.9 Å². The fourth-order valence-corrected chi connectivity index (χ4v) is 2.46. The SMILES string of the molecule is CC(c1ccc(Cl)cc1)N(C)c1ccccc1[C@@H](C)O. The minimum Gasteiger partial charge on any atom is -0.389 e. The number of benzene rings is 2. The molecule has 2 nitrogen and oxygen atoms in total. The summed E-state index contributed by atoms with van der Waals surface area (Å²) in [7, 11) is 2.04. The molecule has 3 heteroatoms. The predicted octanol–water partition coefficient (Wildman–Crippen LogP) is 4.59. The van der Waals surface area contributed by atoms with E-state index in [4.69, 9.17) is 11.6 Å². The molecule has 0 radical (unpaired) electrons. The number of hydrogen-bond donors (Lipinski definition) is 1. The molecular weight excluding hydrogens is 270 g/mol. The van der Waals surface area contributed by atoms with E-state index >= 15 is 0 Å². The van der Waals surface area contributed by atoms with E-state index in [0.717, 1.165) is 16.3 Å². The molecule has 2 atom stereocenters. The smallest absolute Gasteiger partial charge is 0.0781 e. The summed E-state index contributed by atoms with van der Waals surface area (Å²) < 4.78 is 0. The van der Waals surface area contributed by atoms with Crippen LogP contribution in [0.4, 0.5) is 5.69 Å². The Bertz CT molecular complexity index is 565. The second-order valence-corrected chi connectivity index (χ2v) is 5.51. The molecule has 0 aromatic heterocycles. The average Bonchev–Trinajstić information content (AvgIpc) is 2.46. The molecule has 0 fully saturated rings. The second kappa shape index (κ2) is 6.29. The molecule has 0 saturated carbocycles. The molecule has 2 aromatic carbocycles. The molecule has 2 aromatic rings. The average molecular weight is 290 g/mol. The fraction of sp³-hybridized carbons (Fsp3) is 0.294. The molecule has 1 N–H and O–H groups in total. The Morgan fingerprint density at radius 3 is 2.20 bits per heavy atom. The van der Waals surface area contributed by atoms with Crippen LogP contribution in [0.1, 0.15) is 37.1 Å². The fourth-order valence-electron chi connectivity index (χ4n) is 2.34. The lowest BCUT2D eigenvalue weighted by molar-refractivity contribution is 0.199. The third kappa shape index (κ3) is 3.14. The first-order chi connectivity index (χ1) is 9.50. The largest absolute Gasteiger partial charge is 0.389 e. The summed E-state index contributed by atoms with van der Waals surface area (Å²) in [5.74, 6) is 0. The van der Waals surface area contributed by atoms with Gasteiger partial charge in [0.2, 0.25) is 0 Å². The van der Waals surface area contributed by atoms with E-state index in [2.05, 4.69) is 11.8 Å². The quantitative estimate of drug-likeness (QED) is 0.890. The van der Waals surface area contributed by atoms with Crippen LogP contribution >= 0.6 is 11.6 Å². The summed E-state index contributed by atoms with van der Waals surface area (Å²) in [5, 5.41) is 10.6. The molecule has 106 valence electrons. The molecule has 0 spiro atoms. The first kappa shape index (κ1) is 14.9. The van der Waals surface area contributed by atoms with Gasteiger partial charge in [-0.2, -0.15) is 0 Å². The maximum atomic E-state index is 9.90. The van der Waals surface area contributed by atoms with Crippen LogP contribution in [0.5, 0.6) is 0 Å². The second-order valence-electron chi connectivity index (χ2n) is 5.07. The van der Waals surface area contributed by atoms with Crippen molar-refractivity contribution >= 4 is 17.3 Å². The van der Waals surface area contributed by atoms with Crippen molar-refractivity contribution in [3.63, 3.8) is 0 Å². The Balaban J connectivity index is 2.31. The van der Waals surface area contributed by atoms with Crippen LogP contribution in [0.15, 0.2) is 48.5 Å². The van der Waals surface area contributed by atoms with Crippen LogP contribution in [-0.4, -0.2) is 12.2 Å². The summed E-state index contributed by atoms with van der Waals surface area (Å²) in [6, 6.07) is 16.0. The van der Waals surface area contributed by atoms with Gasteiger partial charge < -0.3 is 10.0 Å². The van der Waals surface area contributed by atoms with E-state index < -0.39 is 6.10 Å². The highest BCUT2D eigenvalue weighted by atomic mass is 35.5. The Morgan fingerprint density at radius 1 is 1.00 bits per heavy atom. The Hall–Kier alpha value is -1.51. The highest BCUT2D eigenvalue weighted by Crippen LogP contribution is 2.31. The van der Waals surface area contributed by atoms with Gasteiger partial charge in [0.15, 0.2) is 0 Å². The molecule has 0 heterocycles. The molecule has 0 bridgehead atoms. The molecule has 0 amide bonds. The molecular formula is C17H20ClNO. The summed E-state index contributed by atoms with van der Waals surface area (Å²) in [6.45, 7) is 3.93. The van der Waals surface area contributed by atoms with Crippen molar-refractivity contribution in [3.8, 4) is 0 Å². The summed E-state index contributed by atoms with van der Waals surface area (Å²) in [4.78, 5) is 2.17. The lowest BCUT2D eigenvalue weighted by Gasteiger charge is -2.30. The number of rotatable bonds is 4. The van der Waals surface area contributed by atoms with E-state index in [1.54, 1.807) is 6.92 Å². The van der Waals surface area contributed by atoms with Gasteiger partial charge in [-0.3, -0.25) is 0 Å². The van der Waals surface area contributed by atoms with Crippen LogP contribution in [0.2, 0.25) is 5.02 Å². The summed E-state index contributed by atoms with van der Waals surface area (Å²) >= 11 is 5.93. The maximum Gasteiger partial charge on any atom is 0.0781 e. The molecule has 0 aliphatic rings. The van der Waals surface area contributed by atoms with Gasteiger partial charge in [0.25, 0.3) is 0 Å². The van der Waals surface area contributed by atoms with Gasteiger partial charge in [-0.15, -0.1) is 0 Å². The number of aliphatic hydroxyl groups is 1. The predicted molar refractivity (Wildman–Crippen MR) is 85.3 cm³/mol. The van der Waals surface area contributed by atoms with E-state index in [-0.39, 0.29) is 6.04 Å². The number of para-hydroxylation sites is 1. The number of hydrogen-bond acceptors (Lipinski definition) is 2. The lowest BCUT2D eigenvalue weighted by Crippen LogP contribution is -2.23. The van der Waals surface area contributed by atoms with Crippen molar-refractivity contribution in [2.24, 2.45) is 0 Å². The van der Waals surface area contributed by atoms with Crippen LogP contribution < -0.4 is 4.90 Å². The van der Waals surface area contributed by atoms with Crippen LogP contribution in [0, 0.1) is 0 Å². The maximum absolute atomic E-state index is 9.90. The topological polar surface area (TPSA) is 23.5 Å². The summed E-state index contributed by atoms with van der Waals surface area (Å²) in [5.41, 5.74) is 3.18. The minimum absolute atomic E-state index is 0.201. The third-order valence-corrected chi connectivity index (χ3v) is 3.95. The lowest BCUT2D eigenvalue weighted by atomic mass is 10.0. The van der Waals surface area contributed by atoms with Gasteiger partial charge >= 0.3 is 0 Å². The Kier molecular flexibility index (Phi) is 4.69. The van der Waals surface area contributed by atoms with Crippen molar-refractivity contribution in [2.45, 2.75) is 26.0 Å². The van der Waals surface area contributed by atoms with Crippen molar-refractivity contribution in [1.29, 1.82) is 0 Å². The van der Waals surface area contributed by atoms with Crippen molar-refractivity contribution < 1.29 is 5.11 Å². The van der Waals surface area contributed by atoms with Crippen LogP contribution in [0.3, 0.4) is 0 Å². The zero-order valence-corrected chi connectivity index (χ0v) is 12.8.